The third kappa shape index (κ3) is 2.88. The Labute approximate surface area is 243 Å². The first-order valence-corrected chi connectivity index (χ1v) is 15.0. The first-order chi connectivity index (χ1) is 20.8. The van der Waals surface area contributed by atoms with Crippen LogP contribution in [0.25, 0.3) is 80.9 Å². The Hall–Kier alpha value is -5.39. The normalized spacial score (nSPS) is 12.3. The molecule has 5 heterocycles. The van der Waals surface area contributed by atoms with E-state index in [9.17, 15) is 0 Å². The van der Waals surface area contributed by atoms with Gasteiger partial charge in [-0.15, -0.1) is 16.4 Å². The highest BCUT2D eigenvalue weighted by atomic mass is 32.1. The highest BCUT2D eigenvalue weighted by Gasteiger charge is 2.22. The molecule has 0 amide bonds. The van der Waals surface area contributed by atoms with Crippen molar-refractivity contribution in [3.05, 3.63) is 133 Å². The van der Waals surface area contributed by atoms with Crippen molar-refractivity contribution in [1.29, 1.82) is 0 Å². The third-order valence-electron chi connectivity index (χ3n) is 8.65. The molecule has 5 aromatic carbocycles. The van der Waals surface area contributed by atoms with Crippen LogP contribution in [0.15, 0.2) is 133 Å². The molecule has 0 aliphatic rings. The van der Waals surface area contributed by atoms with Crippen LogP contribution in [-0.4, -0.2) is 18.7 Å². The van der Waals surface area contributed by atoms with Crippen LogP contribution in [0.5, 0.6) is 0 Å². The van der Waals surface area contributed by atoms with Gasteiger partial charge in [0.2, 0.25) is 0 Å². The Morgan fingerprint density at radius 2 is 1.21 bits per heavy atom. The van der Waals surface area contributed by atoms with Gasteiger partial charge in [-0.3, -0.25) is 4.57 Å². The molecule has 5 heteroatoms. The monoisotopic (exact) mass is 554 g/mol. The minimum atomic E-state index is 0.934. The first kappa shape index (κ1) is 22.3. The minimum Gasteiger partial charge on any atom is -0.309 e. The van der Waals surface area contributed by atoms with Crippen LogP contribution in [0.1, 0.15) is 0 Å². The number of hydrogen-bond acceptors (Lipinski definition) is 2. The lowest BCUT2D eigenvalue weighted by Crippen LogP contribution is -1.96. The molecule has 10 aromatic rings. The van der Waals surface area contributed by atoms with Gasteiger partial charge in [-0.25, -0.2) is 4.52 Å². The number of nitrogens with zero attached hydrogens (tertiary/aromatic N) is 4. The van der Waals surface area contributed by atoms with Crippen molar-refractivity contribution in [2.45, 2.75) is 0 Å². The maximum Gasteiger partial charge on any atom is 0.161 e. The van der Waals surface area contributed by atoms with E-state index in [-0.39, 0.29) is 0 Å². The van der Waals surface area contributed by atoms with Gasteiger partial charge in [-0.05, 0) is 48.5 Å². The van der Waals surface area contributed by atoms with E-state index in [1.165, 1.54) is 64.1 Å². The maximum absolute atomic E-state index is 5.23. The lowest BCUT2D eigenvalue weighted by Gasteiger charge is -2.08. The SMILES string of the molecule is c1ccc(-n2c3ccccc3c3cc4c(cc32)c2c3ccccc3sc2n4-c2cc3ccc4ccccc4n3n2)cc1. The van der Waals surface area contributed by atoms with Crippen LogP contribution in [0.4, 0.5) is 0 Å². The molecular weight excluding hydrogens is 533 g/mol. The standard InChI is InChI=1S/C37H22N4S/c1-2-11-24(12-3-1)39-31-16-8-5-13-26(31)28-21-33-29(22-32(28)39)36-27-14-6-9-17-34(27)42-37(36)40(33)35-20-25-19-18-23-10-4-7-15-30(23)41(25)38-35/h1-22H. The fourth-order valence-corrected chi connectivity index (χ4v) is 8.07. The summed E-state index contributed by atoms with van der Waals surface area (Å²) in [6, 6.07) is 48.0. The minimum absolute atomic E-state index is 0.934. The zero-order chi connectivity index (χ0) is 27.4. The van der Waals surface area contributed by atoms with E-state index >= 15 is 0 Å². The summed E-state index contributed by atoms with van der Waals surface area (Å²) in [6.45, 7) is 0. The van der Waals surface area contributed by atoms with Crippen LogP contribution in [0, 0.1) is 0 Å². The quantitative estimate of drug-likeness (QED) is 0.209. The zero-order valence-corrected chi connectivity index (χ0v) is 23.2. The van der Waals surface area contributed by atoms with E-state index < -0.39 is 0 Å². The van der Waals surface area contributed by atoms with Crippen LogP contribution in [0.2, 0.25) is 0 Å². The van der Waals surface area contributed by atoms with E-state index in [1.54, 1.807) is 0 Å². The van der Waals surface area contributed by atoms with Crippen LogP contribution < -0.4 is 0 Å². The van der Waals surface area contributed by atoms with Gasteiger partial charge < -0.3 is 4.57 Å². The van der Waals surface area contributed by atoms with E-state index in [4.69, 9.17) is 5.10 Å². The average Bonchev–Trinajstić information content (AvgIpc) is 3.79. The lowest BCUT2D eigenvalue weighted by molar-refractivity contribution is 0.954. The van der Waals surface area contributed by atoms with Crippen molar-refractivity contribution in [3.8, 4) is 11.5 Å². The second kappa shape index (κ2) is 8.09. The molecule has 0 aliphatic carbocycles. The predicted octanol–water partition coefficient (Wildman–Crippen LogP) is 9.90. The Morgan fingerprint density at radius 3 is 2.12 bits per heavy atom. The molecule has 0 radical (unpaired) electrons. The van der Waals surface area contributed by atoms with Gasteiger partial charge >= 0.3 is 0 Å². The number of pyridine rings is 1. The smallest absolute Gasteiger partial charge is 0.161 e. The van der Waals surface area contributed by atoms with E-state index in [0.29, 0.717) is 0 Å². The molecule has 0 spiro atoms. The van der Waals surface area contributed by atoms with Crippen LogP contribution in [-0.2, 0) is 0 Å². The van der Waals surface area contributed by atoms with Crippen LogP contribution >= 0.6 is 11.3 Å². The lowest BCUT2D eigenvalue weighted by atomic mass is 10.1. The van der Waals surface area contributed by atoms with Gasteiger partial charge in [0.15, 0.2) is 5.82 Å². The van der Waals surface area contributed by atoms with Gasteiger partial charge in [-0.2, -0.15) is 0 Å². The Morgan fingerprint density at radius 1 is 0.500 bits per heavy atom. The molecule has 0 saturated heterocycles. The molecule has 0 aliphatic heterocycles. The Kier molecular flexibility index (Phi) is 4.30. The third-order valence-corrected chi connectivity index (χ3v) is 9.80. The molecule has 0 fully saturated rings. The van der Waals surface area contributed by atoms with E-state index in [0.717, 1.165) is 16.9 Å². The molecule has 0 bridgehead atoms. The topological polar surface area (TPSA) is 27.2 Å². The van der Waals surface area contributed by atoms with Crippen molar-refractivity contribution in [3.63, 3.8) is 0 Å². The molecule has 0 atom stereocenters. The Bertz CT molecular complexity index is 2680. The van der Waals surface area contributed by atoms with E-state index in [1.807, 2.05) is 11.3 Å². The number of rotatable bonds is 2. The molecule has 10 rings (SSSR count). The van der Waals surface area contributed by atoms with Crippen molar-refractivity contribution < 1.29 is 0 Å². The van der Waals surface area contributed by atoms with Crippen molar-refractivity contribution in [1.82, 2.24) is 18.7 Å². The highest BCUT2D eigenvalue weighted by molar-refractivity contribution is 7.25. The van der Waals surface area contributed by atoms with Crippen molar-refractivity contribution in [2.24, 2.45) is 0 Å². The van der Waals surface area contributed by atoms with Crippen molar-refractivity contribution in [2.75, 3.05) is 0 Å². The summed E-state index contributed by atoms with van der Waals surface area (Å²) >= 11 is 1.84. The first-order valence-electron chi connectivity index (χ1n) is 14.2. The van der Waals surface area contributed by atoms with Crippen LogP contribution in [0.3, 0.4) is 0 Å². The summed E-state index contributed by atoms with van der Waals surface area (Å²) in [7, 11) is 0. The van der Waals surface area contributed by atoms with Gasteiger partial charge in [0.1, 0.15) is 4.83 Å². The second-order valence-corrected chi connectivity index (χ2v) is 12.0. The molecule has 196 valence electrons. The van der Waals surface area contributed by atoms with Gasteiger partial charge in [-0.1, -0.05) is 78.9 Å². The largest absolute Gasteiger partial charge is 0.309 e. The van der Waals surface area contributed by atoms with Gasteiger partial charge in [0.05, 0.1) is 27.6 Å². The molecule has 42 heavy (non-hydrogen) atoms. The summed E-state index contributed by atoms with van der Waals surface area (Å²) in [5, 5.41) is 12.7. The molecule has 5 aromatic heterocycles. The number of hydrogen-bond donors (Lipinski definition) is 0. The fraction of sp³-hybridized carbons (Fsp3) is 0. The molecule has 0 saturated carbocycles. The number of benzene rings is 5. The summed E-state index contributed by atoms with van der Waals surface area (Å²) in [6.07, 6.45) is 0. The molecule has 4 nitrogen and oxygen atoms in total. The zero-order valence-electron chi connectivity index (χ0n) is 22.4. The highest BCUT2D eigenvalue weighted by Crippen LogP contribution is 2.45. The number of para-hydroxylation sites is 3. The number of fused-ring (bicyclic) bond motifs is 11. The van der Waals surface area contributed by atoms with Gasteiger partial charge in [0.25, 0.3) is 0 Å². The fourth-order valence-electron chi connectivity index (χ4n) is 6.83. The second-order valence-electron chi connectivity index (χ2n) is 10.9. The summed E-state index contributed by atoms with van der Waals surface area (Å²) in [4.78, 5) is 1.22. The number of thiophene rings is 1. The molecule has 0 unspecified atom stereocenters. The molecular formula is C37H22N4S. The summed E-state index contributed by atoms with van der Waals surface area (Å²) in [5.41, 5.74) is 6.97. The Balaban J connectivity index is 1.39. The summed E-state index contributed by atoms with van der Waals surface area (Å²) in [5.74, 6) is 0.934. The number of aromatic nitrogens is 4. The van der Waals surface area contributed by atoms with E-state index in [2.05, 4.69) is 147 Å². The molecule has 0 N–H and O–H groups in total. The van der Waals surface area contributed by atoms with Crippen molar-refractivity contribution >= 4 is 80.8 Å². The van der Waals surface area contributed by atoms with Gasteiger partial charge in [0, 0.05) is 48.8 Å². The summed E-state index contributed by atoms with van der Waals surface area (Å²) < 4.78 is 8.15. The predicted molar refractivity (Wildman–Crippen MR) is 177 cm³/mol. The maximum atomic E-state index is 5.23. The average molecular weight is 555 g/mol.